The van der Waals surface area contributed by atoms with E-state index in [0.717, 1.165) is 41.9 Å². The van der Waals surface area contributed by atoms with Gasteiger partial charge < -0.3 is 4.57 Å². The second-order valence-electron chi connectivity index (χ2n) is 8.26. The first-order valence-corrected chi connectivity index (χ1v) is 10.7. The highest BCUT2D eigenvalue weighted by Crippen LogP contribution is 2.26. The molecule has 0 unspecified atom stereocenters. The second kappa shape index (κ2) is 7.93. The molecule has 3 aromatic heterocycles. The van der Waals surface area contributed by atoms with Crippen LogP contribution in [-0.2, 0) is 13.1 Å². The van der Waals surface area contributed by atoms with Crippen molar-refractivity contribution in [2.45, 2.75) is 66.5 Å². The van der Waals surface area contributed by atoms with E-state index in [-0.39, 0.29) is 5.56 Å². The maximum Gasteiger partial charge on any atom is 0.265 e. The smallest absolute Gasteiger partial charge is 0.265 e. The van der Waals surface area contributed by atoms with E-state index in [1.807, 2.05) is 31.2 Å². The Morgan fingerprint density at radius 1 is 0.931 bits per heavy atom. The van der Waals surface area contributed by atoms with Gasteiger partial charge in [-0.05, 0) is 31.4 Å². The molecule has 4 rings (SSSR count). The van der Waals surface area contributed by atoms with Crippen molar-refractivity contribution in [2.24, 2.45) is 5.92 Å². The van der Waals surface area contributed by atoms with E-state index in [9.17, 15) is 4.79 Å². The molecule has 0 spiro atoms. The number of rotatable bonds is 7. The molecule has 0 amide bonds. The number of aromatic nitrogens is 5. The monoisotopic (exact) mass is 391 g/mol. The molecule has 0 saturated carbocycles. The molecule has 0 aliphatic heterocycles. The van der Waals surface area contributed by atoms with Crippen molar-refractivity contribution < 1.29 is 0 Å². The van der Waals surface area contributed by atoms with E-state index in [1.165, 1.54) is 12.8 Å². The van der Waals surface area contributed by atoms with Gasteiger partial charge in [-0.3, -0.25) is 9.36 Å². The summed E-state index contributed by atoms with van der Waals surface area (Å²) in [5.74, 6) is 1.11. The zero-order valence-electron chi connectivity index (χ0n) is 17.8. The van der Waals surface area contributed by atoms with Crippen LogP contribution in [0.4, 0.5) is 0 Å². The van der Waals surface area contributed by atoms with E-state index in [2.05, 4.69) is 25.3 Å². The van der Waals surface area contributed by atoms with Gasteiger partial charge in [0, 0.05) is 13.1 Å². The minimum absolute atomic E-state index is 0.0110. The average Bonchev–Trinajstić information content (AvgIpc) is 2.99. The number of unbranched alkanes of at least 4 members (excludes halogenated alkanes) is 3. The Bertz CT molecular complexity index is 1240. The third-order valence-electron chi connectivity index (χ3n) is 5.42. The lowest BCUT2D eigenvalue weighted by Gasteiger charge is -2.12. The van der Waals surface area contributed by atoms with E-state index >= 15 is 0 Å². The molecule has 0 radical (unpaired) electrons. The van der Waals surface area contributed by atoms with Gasteiger partial charge in [-0.1, -0.05) is 52.2 Å². The summed E-state index contributed by atoms with van der Waals surface area (Å²) in [4.78, 5) is 28.1. The molecule has 0 aliphatic carbocycles. The van der Waals surface area contributed by atoms with Crippen molar-refractivity contribution in [3.63, 3.8) is 0 Å². The quantitative estimate of drug-likeness (QED) is 0.423. The van der Waals surface area contributed by atoms with Gasteiger partial charge in [-0.2, -0.15) is 0 Å². The average molecular weight is 392 g/mol. The predicted octanol–water partition coefficient (Wildman–Crippen LogP) is 4.84. The Morgan fingerprint density at radius 2 is 1.66 bits per heavy atom. The van der Waals surface area contributed by atoms with E-state index < -0.39 is 0 Å². The van der Waals surface area contributed by atoms with Gasteiger partial charge in [0.25, 0.3) is 5.56 Å². The van der Waals surface area contributed by atoms with Crippen LogP contribution in [0.5, 0.6) is 0 Å². The van der Waals surface area contributed by atoms with Crippen LogP contribution in [0.15, 0.2) is 29.1 Å². The highest BCUT2D eigenvalue weighted by molar-refractivity contribution is 6.04. The van der Waals surface area contributed by atoms with Crippen molar-refractivity contribution in [3.8, 4) is 0 Å². The van der Waals surface area contributed by atoms with Crippen LogP contribution in [0.1, 0.15) is 52.3 Å². The molecule has 3 heterocycles. The first-order valence-electron chi connectivity index (χ1n) is 10.7. The standard InChI is InChI=1S/C23H29N5O/c1-5-6-7-10-13-27-21-19(23(29)28(14-15(2)3)16(4)24-21)20-22(27)26-18-12-9-8-11-17(18)25-20/h8-9,11-12,15H,5-7,10,13-14H2,1-4H3. The van der Waals surface area contributed by atoms with Crippen LogP contribution < -0.4 is 5.56 Å². The summed E-state index contributed by atoms with van der Waals surface area (Å²) in [7, 11) is 0. The number of nitrogens with zero attached hydrogens (tertiary/aromatic N) is 5. The lowest BCUT2D eigenvalue weighted by atomic mass is 10.2. The molecule has 4 aromatic rings. The van der Waals surface area contributed by atoms with Crippen molar-refractivity contribution in [2.75, 3.05) is 0 Å². The topological polar surface area (TPSA) is 65.6 Å². The number of benzene rings is 1. The summed E-state index contributed by atoms with van der Waals surface area (Å²) in [5, 5.41) is 0.597. The molecular weight excluding hydrogens is 362 g/mol. The first-order chi connectivity index (χ1) is 14.0. The normalized spacial score (nSPS) is 12.0. The van der Waals surface area contributed by atoms with Gasteiger partial charge in [-0.25, -0.2) is 15.0 Å². The van der Waals surface area contributed by atoms with Crippen LogP contribution in [0.3, 0.4) is 0 Å². The highest BCUT2D eigenvalue weighted by Gasteiger charge is 2.21. The molecule has 0 atom stereocenters. The summed E-state index contributed by atoms with van der Waals surface area (Å²) < 4.78 is 3.89. The summed E-state index contributed by atoms with van der Waals surface area (Å²) in [6.07, 6.45) is 4.59. The Morgan fingerprint density at radius 3 is 2.34 bits per heavy atom. The number of hydrogen-bond donors (Lipinski definition) is 0. The Kier molecular flexibility index (Phi) is 5.35. The fourth-order valence-electron chi connectivity index (χ4n) is 3.99. The minimum Gasteiger partial charge on any atom is -0.308 e. The van der Waals surface area contributed by atoms with Gasteiger partial charge in [-0.15, -0.1) is 0 Å². The molecule has 152 valence electrons. The fourth-order valence-corrected chi connectivity index (χ4v) is 3.99. The Labute approximate surface area is 170 Å². The number of para-hydroxylation sites is 2. The molecule has 0 saturated heterocycles. The van der Waals surface area contributed by atoms with Crippen LogP contribution in [0.25, 0.3) is 33.2 Å². The largest absolute Gasteiger partial charge is 0.308 e. The molecule has 29 heavy (non-hydrogen) atoms. The van der Waals surface area contributed by atoms with Crippen LogP contribution >= 0.6 is 0 Å². The molecule has 6 heteroatoms. The van der Waals surface area contributed by atoms with Crippen molar-refractivity contribution >= 4 is 33.2 Å². The third-order valence-corrected chi connectivity index (χ3v) is 5.42. The molecule has 6 nitrogen and oxygen atoms in total. The van der Waals surface area contributed by atoms with Crippen LogP contribution in [-0.4, -0.2) is 24.1 Å². The third kappa shape index (κ3) is 3.52. The van der Waals surface area contributed by atoms with Crippen LogP contribution in [0, 0.1) is 12.8 Å². The maximum absolute atomic E-state index is 13.5. The summed E-state index contributed by atoms with van der Waals surface area (Å²) in [6, 6.07) is 7.83. The van der Waals surface area contributed by atoms with Gasteiger partial charge in [0.2, 0.25) is 0 Å². The first kappa shape index (κ1) is 19.6. The minimum atomic E-state index is -0.0110. The van der Waals surface area contributed by atoms with E-state index in [0.29, 0.717) is 29.0 Å². The van der Waals surface area contributed by atoms with Gasteiger partial charge in [0.1, 0.15) is 16.7 Å². The number of hydrogen-bond acceptors (Lipinski definition) is 4. The van der Waals surface area contributed by atoms with E-state index in [4.69, 9.17) is 15.0 Å². The number of aryl methyl sites for hydroxylation is 2. The molecule has 0 bridgehead atoms. The van der Waals surface area contributed by atoms with Gasteiger partial charge in [0.05, 0.1) is 11.0 Å². The zero-order chi connectivity index (χ0) is 20.5. The molecule has 0 fully saturated rings. The van der Waals surface area contributed by atoms with E-state index in [1.54, 1.807) is 4.57 Å². The Hall–Kier alpha value is -2.76. The maximum atomic E-state index is 13.5. The number of fused-ring (bicyclic) bond motifs is 4. The lowest BCUT2D eigenvalue weighted by molar-refractivity contribution is 0.497. The van der Waals surface area contributed by atoms with Crippen molar-refractivity contribution in [3.05, 3.63) is 40.4 Å². The van der Waals surface area contributed by atoms with Crippen molar-refractivity contribution in [1.29, 1.82) is 0 Å². The highest BCUT2D eigenvalue weighted by atomic mass is 16.1. The SMILES string of the molecule is CCCCCCn1c2nc3ccccc3nc2c2c(=O)n(CC(C)C)c(C)nc21. The Balaban J connectivity index is 2.01. The van der Waals surface area contributed by atoms with Crippen LogP contribution in [0.2, 0.25) is 0 Å². The summed E-state index contributed by atoms with van der Waals surface area (Å²) >= 11 is 0. The van der Waals surface area contributed by atoms with Gasteiger partial charge in [0.15, 0.2) is 11.3 Å². The van der Waals surface area contributed by atoms with Crippen molar-refractivity contribution in [1.82, 2.24) is 24.1 Å². The zero-order valence-corrected chi connectivity index (χ0v) is 17.8. The molecule has 1 aromatic carbocycles. The second-order valence-corrected chi connectivity index (χ2v) is 8.26. The predicted molar refractivity (Wildman–Crippen MR) is 118 cm³/mol. The molecule has 0 N–H and O–H groups in total. The summed E-state index contributed by atoms with van der Waals surface area (Å²) in [6.45, 7) is 9.80. The molecular formula is C23H29N5O. The summed E-state index contributed by atoms with van der Waals surface area (Å²) in [5.41, 5.74) is 3.79. The lowest BCUT2D eigenvalue weighted by Crippen LogP contribution is -2.26. The molecule has 0 aliphatic rings. The fraction of sp³-hybridized carbons (Fsp3) is 0.478. The van der Waals surface area contributed by atoms with Gasteiger partial charge >= 0.3 is 0 Å².